The summed E-state index contributed by atoms with van der Waals surface area (Å²) in [7, 11) is 0. The summed E-state index contributed by atoms with van der Waals surface area (Å²) in [6.07, 6.45) is 7.54. The highest BCUT2D eigenvalue weighted by Gasteiger charge is 2.66. The fraction of sp³-hybridized carbons (Fsp3) is 0.812. The van der Waals surface area contributed by atoms with Crippen molar-refractivity contribution in [2.75, 3.05) is 0 Å². The first-order valence-corrected chi connectivity index (χ1v) is 7.94. The van der Waals surface area contributed by atoms with Crippen LogP contribution in [-0.4, -0.2) is 15.8 Å². The van der Waals surface area contributed by atoms with E-state index in [2.05, 4.69) is 31.2 Å². The highest BCUT2D eigenvalue weighted by molar-refractivity contribution is 5.17. The van der Waals surface area contributed by atoms with Crippen molar-refractivity contribution in [2.24, 2.45) is 35.3 Å². The van der Waals surface area contributed by atoms with Crippen LogP contribution in [0.2, 0.25) is 0 Å². The zero-order valence-electron chi connectivity index (χ0n) is 12.0. The number of fused-ring (bicyclic) bond motifs is 5. The molecule has 3 fully saturated rings. The molecule has 5 unspecified atom stereocenters. The van der Waals surface area contributed by atoms with E-state index in [-0.39, 0.29) is 0 Å². The fourth-order valence-corrected chi connectivity index (χ4v) is 5.12. The Labute approximate surface area is 115 Å². The van der Waals surface area contributed by atoms with E-state index in [0.717, 1.165) is 36.0 Å². The lowest BCUT2D eigenvalue weighted by Gasteiger charge is -2.15. The average Bonchev–Trinajstić information content (AvgIpc) is 2.75. The molecule has 19 heavy (non-hydrogen) atoms. The Morgan fingerprint density at radius 3 is 2.58 bits per heavy atom. The van der Waals surface area contributed by atoms with Gasteiger partial charge in [-0.15, -0.1) is 0 Å². The summed E-state index contributed by atoms with van der Waals surface area (Å²) in [4.78, 5) is 0. The van der Waals surface area contributed by atoms with Crippen LogP contribution in [0.15, 0.2) is 12.3 Å². The molecule has 0 spiro atoms. The fourth-order valence-electron chi connectivity index (χ4n) is 5.12. The molecular formula is C16H25N3. The van der Waals surface area contributed by atoms with Crippen LogP contribution in [0.3, 0.4) is 0 Å². The van der Waals surface area contributed by atoms with E-state index in [0.29, 0.717) is 12.1 Å². The second-order valence-corrected chi connectivity index (χ2v) is 7.31. The molecule has 0 saturated heterocycles. The first-order valence-electron chi connectivity index (χ1n) is 7.94. The number of hydrogen-bond acceptors (Lipinski definition) is 2. The molecule has 0 amide bonds. The lowest BCUT2D eigenvalue weighted by Crippen LogP contribution is -2.28. The van der Waals surface area contributed by atoms with Crippen molar-refractivity contribution in [1.29, 1.82) is 0 Å². The summed E-state index contributed by atoms with van der Waals surface area (Å²) in [5, 5.41) is 4.64. The number of hydrogen-bond donors (Lipinski definition) is 1. The van der Waals surface area contributed by atoms with Crippen LogP contribution in [0.4, 0.5) is 0 Å². The van der Waals surface area contributed by atoms with Crippen LogP contribution < -0.4 is 5.73 Å². The van der Waals surface area contributed by atoms with Crippen LogP contribution in [0, 0.1) is 29.6 Å². The summed E-state index contributed by atoms with van der Waals surface area (Å²) in [6.45, 7) is 4.33. The molecule has 3 aliphatic carbocycles. The van der Waals surface area contributed by atoms with Crippen molar-refractivity contribution in [3.63, 3.8) is 0 Å². The molecule has 1 aromatic heterocycles. The third kappa shape index (κ3) is 1.78. The van der Waals surface area contributed by atoms with Crippen molar-refractivity contribution in [2.45, 2.75) is 51.6 Å². The predicted octanol–water partition coefficient (Wildman–Crippen LogP) is 2.63. The first kappa shape index (κ1) is 12.0. The van der Waals surface area contributed by atoms with Gasteiger partial charge in [0.25, 0.3) is 0 Å². The van der Waals surface area contributed by atoms with E-state index in [4.69, 9.17) is 5.73 Å². The molecule has 1 heterocycles. The largest absolute Gasteiger partial charge is 0.327 e. The van der Waals surface area contributed by atoms with Gasteiger partial charge in [-0.05, 0) is 68.8 Å². The van der Waals surface area contributed by atoms with Gasteiger partial charge in [0.1, 0.15) is 0 Å². The Bertz CT molecular complexity index is 462. The van der Waals surface area contributed by atoms with Crippen molar-refractivity contribution in [1.82, 2.24) is 9.78 Å². The van der Waals surface area contributed by atoms with Gasteiger partial charge in [0, 0.05) is 24.7 Å². The number of nitrogens with two attached hydrogens (primary N) is 1. The molecule has 4 rings (SSSR count). The minimum atomic E-state index is 0.342. The van der Waals surface area contributed by atoms with E-state index in [1.54, 1.807) is 0 Å². The van der Waals surface area contributed by atoms with Crippen LogP contribution >= 0.6 is 0 Å². The Hall–Kier alpha value is -0.830. The van der Waals surface area contributed by atoms with E-state index in [9.17, 15) is 0 Å². The minimum Gasteiger partial charge on any atom is -0.327 e. The third-order valence-corrected chi connectivity index (χ3v) is 5.93. The minimum absolute atomic E-state index is 0.342. The van der Waals surface area contributed by atoms with Gasteiger partial charge in [-0.3, -0.25) is 4.68 Å². The van der Waals surface area contributed by atoms with Gasteiger partial charge >= 0.3 is 0 Å². The molecule has 3 heteroatoms. The van der Waals surface area contributed by atoms with Crippen molar-refractivity contribution < 1.29 is 0 Å². The van der Waals surface area contributed by atoms with E-state index in [1.165, 1.54) is 25.0 Å². The molecule has 2 bridgehead atoms. The van der Waals surface area contributed by atoms with Crippen LogP contribution in [0.5, 0.6) is 0 Å². The van der Waals surface area contributed by atoms with Crippen LogP contribution in [0.1, 0.15) is 44.8 Å². The predicted molar refractivity (Wildman–Crippen MR) is 75.6 cm³/mol. The second-order valence-electron chi connectivity index (χ2n) is 7.31. The van der Waals surface area contributed by atoms with Gasteiger partial charge in [0.05, 0.1) is 5.69 Å². The first-order chi connectivity index (χ1) is 9.15. The molecule has 3 nitrogen and oxygen atoms in total. The molecule has 5 atom stereocenters. The van der Waals surface area contributed by atoms with Crippen LogP contribution in [-0.2, 0) is 6.42 Å². The summed E-state index contributed by atoms with van der Waals surface area (Å²) >= 11 is 0. The monoisotopic (exact) mass is 259 g/mol. The Kier molecular flexibility index (Phi) is 2.57. The highest BCUT2D eigenvalue weighted by atomic mass is 15.3. The highest BCUT2D eigenvalue weighted by Crippen LogP contribution is 2.70. The standard InChI is InChI=1S/C16H25N3/c1-9(2)19-6-5-12(18-19)8-13(17)16-14-10-3-4-11(7-10)15(14)16/h5-6,9-11,13-16H,3-4,7-8,17H2,1-2H3. The normalized spacial score (nSPS) is 40.7. The van der Waals surface area contributed by atoms with E-state index in [1.807, 2.05) is 4.68 Å². The smallest absolute Gasteiger partial charge is 0.0640 e. The molecular weight excluding hydrogens is 234 g/mol. The SMILES string of the molecule is CC(C)n1ccc(CC(N)C2C3C4CCC(C4)C23)n1. The van der Waals surface area contributed by atoms with Gasteiger partial charge in [0.15, 0.2) is 0 Å². The molecule has 3 saturated carbocycles. The van der Waals surface area contributed by atoms with E-state index >= 15 is 0 Å². The molecule has 0 aromatic carbocycles. The summed E-state index contributed by atoms with van der Waals surface area (Å²) in [5.74, 6) is 4.84. The van der Waals surface area contributed by atoms with Gasteiger partial charge < -0.3 is 5.73 Å². The summed E-state index contributed by atoms with van der Waals surface area (Å²) < 4.78 is 2.04. The molecule has 3 aliphatic rings. The Balaban J connectivity index is 1.41. The topological polar surface area (TPSA) is 43.8 Å². The van der Waals surface area contributed by atoms with Crippen LogP contribution in [0.25, 0.3) is 0 Å². The Morgan fingerprint density at radius 2 is 2.00 bits per heavy atom. The van der Waals surface area contributed by atoms with Gasteiger partial charge in [0.2, 0.25) is 0 Å². The van der Waals surface area contributed by atoms with Crippen molar-refractivity contribution >= 4 is 0 Å². The quantitative estimate of drug-likeness (QED) is 0.903. The molecule has 104 valence electrons. The molecule has 0 aliphatic heterocycles. The summed E-state index contributed by atoms with van der Waals surface area (Å²) in [5.41, 5.74) is 7.67. The van der Waals surface area contributed by atoms with Gasteiger partial charge in [-0.2, -0.15) is 5.10 Å². The van der Waals surface area contributed by atoms with Crippen molar-refractivity contribution in [3.8, 4) is 0 Å². The maximum Gasteiger partial charge on any atom is 0.0640 e. The Morgan fingerprint density at radius 1 is 1.32 bits per heavy atom. The van der Waals surface area contributed by atoms with E-state index < -0.39 is 0 Å². The van der Waals surface area contributed by atoms with Gasteiger partial charge in [-0.1, -0.05) is 0 Å². The lowest BCUT2D eigenvalue weighted by molar-refractivity contribution is 0.406. The zero-order chi connectivity index (χ0) is 13.1. The second kappa shape index (κ2) is 4.08. The maximum absolute atomic E-state index is 6.49. The third-order valence-electron chi connectivity index (χ3n) is 5.93. The number of aromatic nitrogens is 2. The average molecular weight is 259 g/mol. The lowest BCUT2D eigenvalue weighted by atomic mass is 9.95. The molecule has 1 aromatic rings. The number of rotatable bonds is 4. The molecule has 2 N–H and O–H groups in total. The zero-order valence-corrected chi connectivity index (χ0v) is 12.0. The number of nitrogens with zero attached hydrogens (tertiary/aromatic N) is 2. The van der Waals surface area contributed by atoms with Gasteiger partial charge in [-0.25, -0.2) is 0 Å². The van der Waals surface area contributed by atoms with Crippen molar-refractivity contribution in [3.05, 3.63) is 18.0 Å². The molecule has 0 radical (unpaired) electrons. The summed E-state index contributed by atoms with van der Waals surface area (Å²) in [6, 6.07) is 2.93. The maximum atomic E-state index is 6.49.